The summed E-state index contributed by atoms with van der Waals surface area (Å²) in [6, 6.07) is 51.6. The van der Waals surface area contributed by atoms with E-state index in [9.17, 15) is 0 Å². The van der Waals surface area contributed by atoms with E-state index < -0.39 is 0 Å². The van der Waals surface area contributed by atoms with Gasteiger partial charge < -0.3 is 0 Å². The highest BCUT2D eigenvalue weighted by Crippen LogP contribution is 2.31. The molecular weight excluding hydrogens is 560 g/mol. The van der Waals surface area contributed by atoms with Crippen molar-refractivity contribution in [3.05, 3.63) is 176 Å². The lowest BCUT2D eigenvalue weighted by Gasteiger charge is -2.11. The van der Waals surface area contributed by atoms with Crippen molar-refractivity contribution in [3.8, 4) is 67.7 Å². The molecule has 0 aliphatic rings. The second-order valence-corrected chi connectivity index (χ2v) is 10.8. The molecule has 0 spiro atoms. The molecule has 0 unspecified atom stereocenters. The van der Waals surface area contributed by atoms with Crippen LogP contribution in [-0.4, -0.2) is 19.9 Å². The first-order chi connectivity index (χ1) is 22.7. The molecule has 46 heavy (non-hydrogen) atoms. The number of pyridine rings is 1. The zero-order chi connectivity index (χ0) is 31.1. The van der Waals surface area contributed by atoms with Crippen molar-refractivity contribution in [2.75, 3.05) is 0 Å². The fourth-order valence-electron chi connectivity index (χ4n) is 5.36. The summed E-state index contributed by atoms with van der Waals surface area (Å²) in [6.07, 6.45) is 5.66. The molecule has 2 heterocycles. The maximum atomic E-state index is 4.91. The van der Waals surface area contributed by atoms with Gasteiger partial charge in [0.1, 0.15) is 0 Å². The van der Waals surface area contributed by atoms with E-state index in [1.165, 1.54) is 0 Å². The summed E-state index contributed by atoms with van der Waals surface area (Å²) < 4.78 is 0. The molecule has 0 saturated carbocycles. The molecule has 5 aromatic carbocycles. The quantitative estimate of drug-likeness (QED) is 0.165. The van der Waals surface area contributed by atoms with Crippen LogP contribution in [0, 0.1) is 0 Å². The van der Waals surface area contributed by atoms with Gasteiger partial charge in [0.25, 0.3) is 0 Å². The normalized spacial score (nSPS) is 11.0. The van der Waals surface area contributed by atoms with Crippen LogP contribution in [0.15, 0.2) is 170 Å². The third-order valence-electron chi connectivity index (χ3n) is 7.69. The van der Waals surface area contributed by atoms with Crippen molar-refractivity contribution in [1.82, 2.24) is 19.9 Å². The Bertz CT molecular complexity index is 2080. The second-order valence-electron chi connectivity index (χ2n) is 10.8. The Morgan fingerprint density at radius 2 is 0.848 bits per heavy atom. The fourth-order valence-corrected chi connectivity index (χ4v) is 5.36. The van der Waals surface area contributed by atoms with Crippen LogP contribution < -0.4 is 0 Å². The van der Waals surface area contributed by atoms with Gasteiger partial charge in [-0.25, -0.2) is 19.9 Å². The lowest BCUT2D eigenvalue weighted by Crippen LogP contribution is -2.00. The van der Waals surface area contributed by atoms with E-state index in [1.807, 2.05) is 91.0 Å². The van der Waals surface area contributed by atoms with E-state index in [-0.39, 0.29) is 0 Å². The van der Waals surface area contributed by atoms with Crippen LogP contribution in [0.5, 0.6) is 0 Å². The van der Waals surface area contributed by atoms with Crippen molar-refractivity contribution in [2.45, 2.75) is 0 Å². The molecule has 0 bridgehead atoms. The summed E-state index contributed by atoms with van der Waals surface area (Å²) in [5.74, 6) is 1.93. The SMILES string of the molecule is C=C/C=C/c1cc(-c2ccc(-c3cccc(-c4nc(-c5ccccc5)nc(-c5ccccc5)n4)c3)cc2)cc(-c2ccccc2)n1. The Morgan fingerprint density at radius 3 is 1.41 bits per heavy atom. The van der Waals surface area contributed by atoms with Gasteiger partial charge >= 0.3 is 0 Å². The molecule has 0 aliphatic heterocycles. The maximum Gasteiger partial charge on any atom is 0.164 e. The largest absolute Gasteiger partial charge is 0.248 e. The maximum absolute atomic E-state index is 4.91. The summed E-state index contributed by atoms with van der Waals surface area (Å²) in [7, 11) is 0. The predicted octanol–water partition coefficient (Wildman–Crippen LogP) is 10.5. The number of benzene rings is 5. The minimum atomic E-state index is 0.636. The summed E-state index contributed by atoms with van der Waals surface area (Å²) in [6.45, 7) is 3.81. The smallest absolute Gasteiger partial charge is 0.164 e. The summed E-state index contributed by atoms with van der Waals surface area (Å²) in [5, 5.41) is 0. The van der Waals surface area contributed by atoms with Gasteiger partial charge in [0.2, 0.25) is 0 Å². The van der Waals surface area contributed by atoms with Gasteiger partial charge in [-0.3, -0.25) is 0 Å². The first kappa shape index (κ1) is 28.5. The first-order valence-corrected chi connectivity index (χ1v) is 15.2. The van der Waals surface area contributed by atoms with Gasteiger partial charge in [-0.15, -0.1) is 0 Å². The highest BCUT2D eigenvalue weighted by atomic mass is 15.0. The van der Waals surface area contributed by atoms with Crippen LogP contribution in [-0.2, 0) is 0 Å². The number of allylic oxidation sites excluding steroid dienone is 2. The molecular formula is C42H30N4. The van der Waals surface area contributed by atoms with Crippen LogP contribution in [0.25, 0.3) is 73.8 Å². The molecule has 7 rings (SSSR count). The van der Waals surface area contributed by atoms with Crippen molar-refractivity contribution in [3.63, 3.8) is 0 Å². The zero-order valence-electron chi connectivity index (χ0n) is 25.2. The average Bonchev–Trinajstić information content (AvgIpc) is 3.15. The molecule has 0 saturated heterocycles. The van der Waals surface area contributed by atoms with Gasteiger partial charge in [-0.05, 0) is 46.5 Å². The Morgan fingerprint density at radius 1 is 0.370 bits per heavy atom. The highest BCUT2D eigenvalue weighted by Gasteiger charge is 2.13. The summed E-state index contributed by atoms with van der Waals surface area (Å²) >= 11 is 0. The molecule has 4 nitrogen and oxygen atoms in total. The van der Waals surface area contributed by atoms with Crippen molar-refractivity contribution in [1.29, 1.82) is 0 Å². The van der Waals surface area contributed by atoms with Crippen molar-refractivity contribution in [2.24, 2.45) is 0 Å². The second kappa shape index (κ2) is 13.2. The number of nitrogens with zero attached hydrogens (tertiary/aromatic N) is 4. The Kier molecular flexibility index (Phi) is 8.16. The average molecular weight is 591 g/mol. The molecule has 2 aromatic heterocycles. The standard InChI is InChI=1S/C42H30N4/c1-2-3-22-38-28-37(29-39(43-38)32-14-7-4-8-15-32)31-25-23-30(24-26-31)35-20-13-21-36(27-35)42-45-40(33-16-9-5-10-17-33)44-41(46-42)34-18-11-6-12-19-34/h2-29H,1H2/b22-3+. The minimum absolute atomic E-state index is 0.636. The highest BCUT2D eigenvalue weighted by molar-refractivity contribution is 5.77. The van der Waals surface area contributed by atoms with Crippen LogP contribution in [0.3, 0.4) is 0 Å². The number of hydrogen-bond donors (Lipinski definition) is 0. The van der Waals surface area contributed by atoms with E-state index in [4.69, 9.17) is 19.9 Å². The van der Waals surface area contributed by atoms with Crippen molar-refractivity contribution < 1.29 is 0 Å². The van der Waals surface area contributed by atoms with Gasteiger partial charge in [0, 0.05) is 22.3 Å². The summed E-state index contributed by atoms with van der Waals surface area (Å²) in [4.78, 5) is 19.5. The van der Waals surface area contributed by atoms with Gasteiger partial charge in [0.15, 0.2) is 17.5 Å². The molecule has 0 radical (unpaired) electrons. The third-order valence-corrected chi connectivity index (χ3v) is 7.69. The van der Waals surface area contributed by atoms with E-state index >= 15 is 0 Å². The number of aromatic nitrogens is 4. The van der Waals surface area contributed by atoms with Crippen LogP contribution in [0.4, 0.5) is 0 Å². The van der Waals surface area contributed by atoms with Gasteiger partial charge in [-0.2, -0.15) is 0 Å². The van der Waals surface area contributed by atoms with Crippen LogP contribution in [0.2, 0.25) is 0 Å². The topological polar surface area (TPSA) is 51.6 Å². The molecule has 0 aliphatic carbocycles. The van der Waals surface area contributed by atoms with Gasteiger partial charge in [-0.1, -0.05) is 152 Å². The van der Waals surface area contributed by atoms with E-state index in [1.54, 1.807) is 6.08 Å². The fraction of sp³-hybridized carbons (Fsp3) is 0. The van der Waals surface area contributed by atoms with Gasteiger partial charge in [0.05, 0.1) is 11.4 Å². The molecule has 0 fully saturated rings. The predicted molar refractivity (Wildman–Crippen MR) is 189 cm³/mol. The molecule has 0 amide bonds. The van der Waals surface area contributed by atoms with E-state index in [0.717, 1.165) is 55.9 Å². The zero-order valence-corrected chi connectivity index (χ0v) is 25.2. The van der Waals surface area contributed by atoms with Crippen LogP contribution >= 0.6 is 0 Å². The number of rotatable bonds is 8. The molecule has 218 valence electrons. The Labute approximate surface area is 269 Å². The van der Waals surface area contributed by atoms with E-state index in [2.05, 4.69) is 79.4 Å². The van der Waals surface area contributed by atoms with E-state index in [0.29, 0.717) is 17.5 Å². The molecule has 0 atom stereocenters. The Hall–Kier alpha value is -6.26. The molecule has 7 aromatic rings. The van der Waals surface area contributed by atoms with Crippen LogP contribution in [0.1, 0.15) is 5.69 Å². The lowest BCUT2D eigenvalue weighted by molar-refractivity contribution is 1.07. The molecule has 0 N–H and O–H groups in total. The monoisotopic (exact) mass is 590 g/mol. The Balaban J connectivity index is 1.24. The number of hydrogen-bond acceptors (Lipinski definition) is 4. The summed E-state index contributed by atoms with van der Waals surface area (Å²) in [5.41, 5.74) is 10.1. The molecule has 4 heteroatoms. The first-order valence-electron chi connectivity index (χ1n) is 15.2. The lowest BCUT2D eigenvalue weighted by atomic mass is 9.98. The third kappa shape index (κ3) is 6.33. The minimum Gasteiger partial charge on any atom is -0.248 e. The van der Waals surface area contributed by atoms with Crippen molar-refractivity contribution >= 4 is 6.08 Å².